The molecule has 0 aliphatic rings. The number of quaternary nitrogens is 1. The van der Waals surface area contributed by atoms with Gasteiger partial charge < -0.3 is 20.4 Å². The summed E-state index contributed by atoms with van der Waals surface area (Å²) >= 11 is 0. The fourth-order valence-corrected chi connectivity index (χ4v) is 2.99. The third kappa shape index (κ3) is 6.87. The highest BCUT2D eigenvalue weighted by atomic mass is 19.1. The standard InChI is InChI=1S/C22H29FN4O2/c1-26(2)19-11-7-17(8-12-19)20(27(3)4)15-25-22(29)21(28)24-14-13-16-5-9-18(23)10-6-16/h5-12,20H,13-15H2,1-4H3,(H,24,28)(H,25,29)/p+1/t20-/m0/s1. The van der Waals surface area contributed by atoms with Crippen molar-refractivity contribution in [2.45, 2.75) is 12.5 Å². The maximum atomic E-state index is 12.9. The van der Waals surface area contributed by atoms with Crippen molar-refractivity contribution < 1.29 is 18.9 Å². The smallest absolute Gasteiger partial charge is 0.309 e. The molecule has 1 atom stereocenters. The van der Waals surface area contributed by atoms with E-state index in [2.05, 4.69) is 10.6 Å². The van der Waals surface area contributed by atoms with Gasteiger partial charge in [-0.1, -0.05) is 24.3 Å². The zero-order valence-electron chi connectivity index (χ0n) is 17.5. The molecular weight excluding hydrogens is 371 g/mol. The molecule has 0 spiro atoms. The molecule has 0 aromatic heterocycles. The van der Waals surface area contributed by atoms with Crippen molar-refractivity contribution in [2.24, 2.45) is 0 Å². The number of carbonyl (C=O) groups is 2. The minimum absolute atomic E-state index is 0.0298. The normalized spacial score (nSPS) is 11.8. The van der Waals surface area contributed by atoms with Crippen molar-refractivity contribution in [2.75, 3.05) is 46.2 Å². The van der Waals surface area contributed by atoms with Gasteiger partial charge in [-0.05, 0) is 36.2 Å². The van der Waals surface area contributed by atoms with E-state index in [9.17, 15) is 14.0 Å². The van der Waals surface area contributed by atoms with Gasteiger partial charge in [-0.3, -0.25) is 9.59 Å². The monoisotopic (exact) mass is 401 g/mol. The first kappa shape index (κ1) is 22.4. The molecule has 0 saturated carbocycles. The first-order valence-electron chi connectivity index (χ1n) is 9.65. The van der Waals surface area contributed by atoms with Crippen LogP contribution in [-0.4, -0.2) is 53.1 Å². The number of nitrogens with zero attached hydrogens (tertiary/aromatic N) is 1. The number of halogens is 1. The first-order valence-corrected chi connectivity index (χ1v) is 9.65. The number of carbonyl (C=O) groups excluding carboxylic acids is 2. The summed E-state index contributed by atoms with van der Waals surface area (Å²) in [4.78, 5) is 27.4. The molecule has 7 heteroatoms. The minimum Gasteiger partial charge on any atom is -0.378 e. The number of nitrogens with one attached hydrogen (secondary N) is 3. The molecule has 6 nitrogen and oxygen atoms in total. The van der Waals surface area contributed by atoms with Crippen LogP contribution >= 0.6 is 0 Å². The molecule has 0 aliphatic heterocycles. The summed E-state index contributed by atoms with van der Waals surface area (Å²) < 4.78 is 12.9. The van der Waals surface area contributed by atoms with E-state index in [1.54, 1.807) is 12.1 Å². The summed E-state index contributed by atoms with van der Waals surface area (Å²) in [5, 5.41) is 5.33. The molecule has 0 radical (unpaired) electrons. The van der Waals surface area contributed by atoms with Crippen molar-refractivity contribution in [1.29, 1.82) is 0 Å². The van der Waals surface area contributed by atoms with Crippen LogP contribution in [0.5, 0.6) is 0 Å². The highest BCUT2D eigenvalue weighted by molar-refractivity contribution is 6.35. The van der Waals surface area contributed by atoms with E-state index in [1.165, 1.54) is 12.1 Å². The number of hydrogen-bond acceptors (Lipinski definition) is 3. The van der Waals surface area contributed by atoms with Crippen molar-refractivity contribution in [3.05, 3.63) is 65.5 Å². The molecule has 0 heterocycles. The van der Waals surface area contributed by atoms with Crippen LogP contribution in [0.2, 0.25) is 0 Å². The van der Waals surface area contributed by atoms with E-state index < -0.39 is 11.8 Å². The second-order valence-electron chi connectivity index (χ2n) is 7.46. The van der Waals surface area contributed by atoms with E-state index in [4.69, 9.17) is 0 Å². The average Bonchev–Trinajstić information content (AvgIpc) is 2.69. The highest BCUT2D eigenvalue weighted by Gasteiger charge is 2.21. The van der Waals surface area contributed by atoms with E-state index in [1.807, 2.05) is 57.4 Å². The number of benzene rings is 2. The van der Waals surface area contributed by atoms with Gasteiger partial charge >= 0.3 is 11.8 Å². The van der Waals surface area contributed by atoms with Gasteiger partial charge in [0.05, 0.1) is 20.6 Å². The van der Waals surface area contributed by atoms with Gasteiger partial charge in [0.15, 0.2) is 0 Å². The summed E-state index contributed by atoms with van der Waals surface area (Å²) in [6, 6.07) is 14.3. The van der Waals surface area contributed by atoms with Crippen LogP contribution < -0.4 is 20.4 Å². The lowest BCUT2D eigenvalue weighted by molar-refractivity contribution is -0.890. The second kappa shape index (κ2) is 10.6. The molecule has 2 aromatic rings. The highest BCUT2D eigenvalue weighted by Crippen LogP contribution is 2.16. The Morgan fingerprint density at radius 3 is 2.10 bits per heavy atom. The van der Waals surface area contributed by atoms with Crippen molar-refractivity contribution in [3.8, 4) is 0 Å². The summed E-state index contributed by atoms with van der Waals surface area (Å²) in [5.74, 6) is -1.62. The van der Waals surface area contributed by atoms with E-state index in [0.29, 0.717) is 19.5 Å². The molecule has 3 N–H and O–H groups in total. The number of likely N-dealkylation sites (N-methyl/N-ethyl adjacent to an activating group) is 1. The van der Waals surface area contributed by atoms with E-state index in [-0.39, 0.29) is 11.9 Å². The SMILES string of the molecule is CN(C)c1ccc([C@H](CNC(=O)C(=O)NCCc2ccc(F)cc2)[NH+](C)C)cc1. The Balaban J connectivity index is 1.84. The molecule has 2 rings (SSSR count). The fraction of sp³-hybridized carbons (Fsp3) is 0.364. The van der Waals surface area contributed by atoms with Gasteiger partial charge in [-0.2, -0.15) is 0 Å². The van der Waals surface area contributed by atoms with Gasteiger partial charge in [0.2, 0.25) is 0 Å². The molecule has 0 bridgehead atoms. The third-order valence-corrected chi connectivity index (χ3v) is 4.79. The quantitative estimate of drug-likeness (QED) is 0.566. The van der Waals surface area contributed by atoms with Crippen LogP contribution in [-0.2, 0) is 16.0 Å². The minimum atomic E-state index is -0.664. The van der Waals surface area contributed by atoms with Crippen LogP contribution in [0.25, 0.3) is 0 Å². The molecule has 156 valence electrons. The molecule has 0 unspecified atom stereocenters. The predicted molar refractivity (Wildman–Crippen MR) is 112 cm³/mol. The molecule has 2 aromatic carbocycles. The Morgan fingerprint density at radius 1 is 0.966 bits per heavy atom. The maximum Gasteiger partial charge on any atom is 0.309 e. The second-order valence-corrected chi connectivity index (χ2v) is 7.46. The molecule has 2 amide bonds. The Labute approximate surface area is 171 Å². The summed E-state index contributed by atoms with van der Waals surface area (Å²) in [6.07, 6.45) is 0.530. The van der Waals surface area contributed by atoms with Crippen LogP contribution in [0.4, 0.5) is 10.1 Å². The largest absolute Gasteiger partial charge is 0.378 e. The number of anilines is 1. The zero-order chi connectivity index (χ0) is 21.4. The van der Waals surface area contributed by atoms with Crippen molar-refractivity contribution in [1.82, 2.24) is 10.6 Å². The van der Waals surface area contributed by atoms with Crippen LogP contribution in [0.1, 0.15) is 17.2 Å². The van der Waals surface area contributed by atoms with Crippen LogP contribution in [0.15, 0.2) is 48.5 Å². The number of hydrogen-bond donors (Lipinski definition) is 3. The summed E-state index contributed by atoms with van der Waals surface area (Å²) in [5.41, 5.74) is 3.09. The average molecular weight is 402 g/mol. The van der Waals surface area contributed by atoms with E-state index >= 15 is 0 Å². The Kier molecular flexibility index (Phi) is 8.15. The maximum absolute atomic E-state index is 12.9. The number of amides is 2. The number of rotatable bonds is 8. The van der Waals surface area contributed by atoms with Gasteiger partial charge in [0, 0.05) is 31.9 Å². The van der Waals surface area contributed by atoms with Gasteiger partial charge in [0.25, 0.3) is 0 Å². The Morgan fingerprint density at radius 2 is 1.55 bits per heavy atom. The van der Waals surface area contributed by atoms with Crippen molar-refractivity contribution in [3.63, 3.8) is 0 Å². The first-order chi connectivity index (χ1) is 13.8. The van der Waals surface area contributed by atoms with Gasteiger partial charge in [-0.15, -0.1) is 0 Å². The predicted octanol–water partition coefficient (Wildman–Crippen LogP) is 0.552. The summed E-state index contributed by atoms with van der Waals surface area (Å²) in [6.45, 7) is 0.667. The lowest BCUT2D eigenvalue weighted by atomic mass is 10.1. The third-order valence-electron chi connectivity index (χ3n) is 4.79. The zero-order valence-corrected chi connectivity index (χ0v) is 17.5. The molecule has 0 fully saturated rings. The molecule has 29 heavy (non-hydrogen) atoms. The van der Waals surface area contributed by atoms with Crippen LogP contribution in [0.3, 0.4) is 0 Å². The van der Waals surface area contributed by atoms with E-state index in [0.717, 1.165) is 21.7 Å². The molecule has 0 saturated heterocycles. The van der Waals surface area contributed by atoms with Crippen LogP contribution in [0, 0.1) is 5.82 Å². The lowest BCUT2D eigenvalue weighted by Gasteiger charge is -2.23. The van der Waals surface area contributed by atoms with Gasteiger partial charge in [-0.25, -0.2) is 4.39 Å². The molecule has 0 aliphatic carbocycles. The summed E-state index contributed by atoms with van der Waals surface area (Å²) in [7, 11) is 8.00. The van der Waals surface area contributed by atoms with Gasteiger partial charge in [0.1, 0.15) is 11.9 Å². The lowest BCUT2D eigenvalue weighted by Crippen LogP contribution is -3.07. The topological polar surface area (TPSA) is 65.9 Å². The Hall–Kier alpha value is -2.93. The molecular formula is C22H30FN4O2+. The fourth-order valence-electron chi connectivity index (χ4n) is 2.99. The van der Waals surface area contributed by atoms with Crippen molar-refractivity contribution >= 4 is 17.5 Å². The Bertz CT molecular complexity index is 805.